The first kappa shape index (κ1) is 43.6. The fourth-order valence-corrected chi connectivity index (χ4v) is 10.8. The molecular weight excluding hydrogens is 867 g/mol. The van der Waals surface area contributed by atoms with Crippen molar-refractivity contribution in [1.29, 1.82) is 0 Å². The maximum Gasteiger partial charge on any atom is 0.347 e. The molecule has 3 aromatic heterocycles. The van der Waals surface area contributed by atoms with E-state index >= 15 is 0 Å². The molecule has 0 aliphatic carbocycles. The van der Waals surface area contributed by atoms with E-state index in [0.717, 1.165) is 102 Å². The molecule has 0 saturated carbocycles. The Labute approximate surface area is 387 Å². The van der Waals surface area contributed by atoms with Crippen molar-refractivity contribution in [1.82, 2.24) is 34.6 Å². The maximum atomic E-state index is 14.3. The average Bonchev–Trinajstić information content (AvgIpc) is 4.06. The maximum absolute atomic E-state index is 14.3. The number of carbonyl (C=O) groups excluding carboxylic acids is 1. The molecule has 0 unspecified atom stereocenters. The number of esters is 1. The van der Waals surface area contributed by atoms with Crippen molar-refractivity contribution in [2.45, 2.75) is 64.6 Å². The van der Waals surface area contributed by atoms with Gasteiger partial charge in [0.2, 0.25) is 17.9 Å². The third-order valence-corrected chi connectivity index (χ3v) is 14.7. The minimum absolute atomic E-state index is 0.129. The number of morpholine rings is 1. The third-order valence-electron chi connectivity index (χ3n) is 13.0. The summed E-state index contributed by atoms with van der Waals surface area (Å²) in [7, 11) is 2.17. The molecule has 3 saturated heterocycles. The molecule has 0 amide bonds. The van der Waals surface area contributed by atoms with Gasteiger partial charge in [-0.2, -0.15) is 0 Å². The molecule has 13 nitrogen and oxygen atoms in total. The van der Waals surface area contributed by atoms with Gasteiger partial charge in [-0.15, -0.1) is 11.3 Å². The first-order chi connectivity index (χ1) is 31.7. The van der Waals surface area contributed by atoms with Crippen LogP contribution in [0, 0.1) is 12.7 Å². The topological polar surface area (TPSA) is 119 Å². The van der Waals surface area contributed by atoms with Gasteiger partial charge in [0.15, 0.2) is 0 Å². The van der Waals surface area contributed by atoms with Gasteiger partial charge in [-0.25, -0.2) is 29.1 Å². The fourth-order valence-electron chi connectivity index (χ4n) is 9.43. The van der Waals surface area contributed by atoms with E-state index in [4.69, 9.17) is 40.5 Å². The lowest BCUT2D eigenvalue weighted by molar-refractivity contribution is -0.151. The van der Waals surface area contributed by atoms with E-state index in [1.54, 1.807) is 25.3 Å². The predicted molar refractivity (Wildman–Crippen MR) is 249 cm³/mol. The molecule has 3 fully saturated rings. The summed E-state index contributed by atoms with van der Waals surface area (Å²) in [5.74, 6) is 0.630. The highest BCUT2D eigenvalue weighted by Crippen LogP contribution is 2.49. The van der Waals surface area contributed by atoms with Crippen molar-refractivity contribution in [3.05, 3.63) is 112 Å². The predicted octanol–water partition coefficient (Wildman–Crippen LogP) is 7.59. The number of thiophene rings is 1. The Morgan fingerprint density at radius 3 is 2.58 bits per heavy atom. The van der Waals surface area contributed by atoms with Crippen LogP contribution in [0.4, 0.5) is 10.3 Å². The highest BCUT2D eigenvalue weighted by Gasteiger charge is 2.40. The average molecular weight is 920 g/mol. The lowest BCUT2D eigenvalue weighted by Gasteiger charge is -2.34. The zero-order valence-electron chi connectivity index (χ0n) is 36.8. The van der Waals surface area contributed by atoms with Gasteiger partial charge in [0.05, 0.1) is 36.4 Å². The SMILES string of the molecule is CCOC(=O)[C@H]1Cc2cc(ccc2OCc2ccnc(N3C[C@@H]4C[C@H]3CO4)n2)CN(CCN2CCN(C)CC2)Cc2ccc(c(C)c2Cl)-c2c(-c3ccc(F)cc3)sc3ncnc(c23)O1. The van der Waals surface area contributed by atoms with Crippen LogP contribution in [0.15, 0.2) is 73.2 Å². The highest BCUT2D eigenvalue weighted by atomic mass is 35.5. The van der Waals surface area contributed by atoms with Crippen LogP contribution in [-0.2, 0) is 40.4 Å². The van der Waals surface area contributed by atoms with E-state index < -0.39 is 12.1 Å². The van der Waals surface area contributed by atoms with Crippen molar-refractivity contribution < 1.29 is 28.1 Å². The molecule has 338 valence electrons. The van der Waals surface area contributed by atoms with Crippen molar-refractivity contribution in [3.63, 3.8) is 0 Å². The molecule has 16 heteroatoms. The Bertz CT molecular complexity index is 2700. The Morgan fingerprint density at radius 2 is 1.80 bits per heavy atom. The Hall–Kier alpha value is -5.29. The molecule has 65 heavy (non-hydrogen) atoms. The van der Waals surface area contributed by atoms with Crippen LogP contribution in [0.25, 0.3) is 31.8 Å². The zero-order valence-corrected chi connectivity index (χ0v) is 38.4. The number of halogens is 2. The van der Waals surface area contributed by atoms with Crippen molar-refractivity contribution in [3.8, 4) is 33.2 Å². The van der Waals surface area contributed by atoms with Gasteiger partial charge in [-0.1, -0.05) is 48.0 Å². The number of carbonyl (C=O) groups is 1. The summed E-state index contributed by atoms with van der Waals surface area (Å²) >= 11 is 8.88. The van der Waals surface area contributed by atoms with Crippen LogP contribution >= 0.6 is 22.9 Å². The van der Waals surface area contributed by atoms with Gasteiger partial charge in [0.25, 0.3) is 0 Å². The van der Waals surface area contributed by atoms with E-state index in [0.29, 0.717) is 46.6 Å². The Kier molecular flexibility index (Phi) is 12.7. The smallest absolute Gasteiger partial charge is 0.347 e. The number of hydrogen-bond donors (Lipinski definition) is 0. The largest absolute Gasteiger partial charge is 0.487 e. The first-order valence-electron chi connectivity index (χ1n) is 22.4. The number of likely N-dealkylation sites (N-methyl/N-ethyl adjacent to an activating group) is 1. The normalized spacial score (nSPS) is 20.4. The quantitative estimate of drug-likeness (QED) is 0.126. The van der Waals surface area contributed by atoms with Gasteiger partial charge >= 0.3 is 5.97 Å². The fraction of sp³-hybridized carbons (Fsp3) is 0.408. The van der Waals surface area contributed by atoms with E-state index in [-0.39, 0.29) is 43.5 Å². The molecule has 0 radical (unpaired) electrons. The van der Waals surface area contributed by atoms with E-state index in [1.165, 1.54) is 29.8 Å². The van der Waals surface area contributed by atoms with Crippen molar-refractivity contribution >= 4 is 45.1 Å². The molecular formula is C49H52ClFN8O5S. The summed E-state index contributed by atoms with van der Waals surface area (Å²) in [4.78, 5) is 44.0. The number of aromatic nitrogens is 4. The Morgan fingerprint density at radius 1 is 0.969 bits per heavy atom. The highest BCUT2D eigenvalue weighted by molar-refractivity contribution is 7.22. The Balaban J connectivity index is 1.06. The van der Waals surface area contributed by atoms with E-state index in [1.807, 2.05) is 19.1 Å². The van der Waals surface area contributed by atoms with Gasteiger partial charge in [0.1, 0.15) is 29.3 Å². The van der Waals surface area contributed by atoms with Gasteiger partial charge in [-0.05, 0) is 85.0 Å². The lowest BCUT2D eigenvalue weighted by Crippen LogP contribution is -2.46. The number of anilines is 1. The molecule has 11 rings (SSSR count). The molecule has 0 spiro atoms. The molecule has 3 atom stereocenters. The van der Waals surface area contributed by atoms with Gasteiger partial charge in [0, 0.05) is 87.0 Å². The molecule has 3 aromatic carbocycles. The second-order valence-corrected chi connectivity index (χ2v) is 18.8. The number of benzene rings is 3. The van der Waals surface area contributed by atoms with Crippen LogP contribution in [0.5, 0.6) is 11.6 Å². The van der Waals surface area contributed by atoms with E-state index in [9.17, 15) is 9.18 Å². The van der Waals surface area contributed by atoms with Crippen LogP contribution < -0.4 is 14.4 Å². The van der Waals surface area contributed by atoms with E-state index in [2.05, 4.69) is 60.9 Å². The standard InChI is InChI=1S/C49H52ClFN8O5S/c1-4-61-48(60)41-22-34-21-31(5-12-40(34)63-27-36-13-14-52-49(55-36)59-26-38-23-37(59)28-62-38)24-58(20-19-57-17-15-56(3)16-18-57)25-33-8-11-39(30(2)44(33)50)42-43-46(64-41)53-29-54-47(43)65-45(42)32-6-9-35(51)10-7-32/h5-14,21,29,37-38,41H,4,15-20,22-28H2,1-3H3/t37-,38-,41+/m0/s1. The summed E-state index contributed by atoms with van der Waals surface area (Å²) in [5, 5.41) is 1.29. The molecule has 6 aromatic rings. The molecule has 8 heterocycles. The number of fused-ring (bicyclic) bond motifs is 8. The second-order valence-electron chi connectivity index (χ2n) is 17.4. The summed E-state index contributed by atoms with van der Waals surface area (Å²) in [6, 6.07) is 19.0. The summed E-state index contributed by atoms with van der Waals surface area (Å²) in [6.45, 7) is 12.7. The summed E-state index contributed by atoms with van der Waals surface area (Å²) in [5.41, 5.74) is 6.92. The van der Waals surface area contributed by atoms with Crippen LogP contribution in [0.1, 0.15) is 41.3 Å². The molecule has 6 bridgehead atoms. The molecule has 5 aliphatic rings. The second kappa shape index (κ2) is 18.9. The van der Waals surface area contributed by atoms with Gasteiger partial charge < -0.3 is 28.7 Å². The molecule has 0 N–H and O–H groups in total. The third kappa shape index (κ3) is 9.27. The molecule has 5 aliphatic heterocycles. The minimum Gasteiger partial charge on any atom is -0.487 e. The number of hydrogen-bond acceptors (Lipinski definition) is 14. The van der Waals surface area contributed by atoms with Crippen molar-refractivity contribution in [2.24, 2.45) is 0 Å². The van der Waals surface area contributed by atoms with Crippen molar-refractivity contribution in [2.75, 3.05) is 71.0 Å². The van der Waals surface area contributed by atoms with Crippen LogP contribution in [0.2, 0.25) is 5.02 Å². The number of ether oxygens (including phenoxy) is 4. The minimum atomic E-state index is -1.11. The summed E-state index contributed by atoms with van der Waals surface area (Å²) in [6.07, 6.45) is 3.44. The zero-order chi connectivity index (χ0) is 44.6. The first-order valence-corrected chi connectivity index (χ1v) is 23.6. The van der Waals surface area contributed by atoms with Crippen LogP contribution in [-0.4, -0.2) is 125 Å². The number of nitrogens with zero attached hydrogens (tertiary/aromatic N) is 8. The van der Waals surface area contributed by atoms with Crippen LogP contribution in [0.3, 0.4) is 0 Å². The number of rotatable bonds is 10. The van der Waals surface area contributed by atoms with Gasteiger partial charge in [-0.3, -0.25) is 9.80 Å². The monoisotopic (exact) mass is 918 g/mol. The number of piperazine rings is 1. The summed E-state index contributed by atoms with van der Waals surface area (Å²) < 4.78 is 39.3. The lowest BCUT2D eigenvalue weighted by atomic mass is 9.94.